The third-order valence-electron chi connectivity index (χ3n) is 4.41. The molecule has 0 unspecified atom stereocenters. The second-order valence-electron chi connectivity index (χ2n) is 7.67. The first-order valence-electron chi connectivity index (χ1n) is 9.20. The minimum absolute atomic E-state index is 0.135. The van der Waals surface area contributed by atoms with E-state index in [1.165, 1.54) is 5.56 Å². The van der Waals surface area contributed by atoms with Gasteiger partial charge in [-0.3, -0.25) is 4.99 Å². The van der Waals surface area contributed by atoms with E-state index < -0.39 is 0 Å². The minimum Gasteiger partial charge on any atom is -0.337 e. The third kappa shape index (κ3) is 3.68. The highest BCUT2D eigenvalue weighted by Gasteiger charge is 2.14. The van der Waals surface area contributed by atoms with Crippen molar-refractivity contribution in [2.75, 3.05) is 0 Å². The zero-order valence-corrected chi connectivity index (χ0v) is 15.9. The molecule has 3 aromatic carbocycles. The van der Waals surface area contributed by atoms with Gasteiger partial charge in [0.25, 0.3) is 0 Å². The van der Waals surface area contributed by atoms with Crippen LogP contribution in [0, 0.1) is 0 Å². The quantitative estimate of drug-likeness (QED) is 0.443. The number of hydrogen-bond acceptors (Lipinski definition) is 2. The molecule has 1 heterocycles. The number of hydrogen-bond donors (Lipinski definition) is 1. The number of fused-ring (bicyclic) bond motifs is 1. The Labute approximate surface area is 159 Å². The molecule has 27 heavy (non-hydrogen) atoms. The molecule has 1 N–H and O–H groups in total. The van der Waals surface area contributed by atoms with E-state index in [-0.39, 0.29) is 5.54 Å². The molecule has 4 rings (SSSR count). The standard InChI is InChI=1S/C24H23N3/c1-24(2,3)25-16-21-26-22-19(17-10-6-4-7-11-17)14-15-20(23(22)27-21)18-12-8-5-9-13-18/h4-16H,1-3H3,(H,26,27)/b25-16+. The second-order valence-corrected chi connectivity index (χ2v) is 7.67. The van der Waals surface area contributed by atoms with E-state index in [2.05, 4.69) is 91.4 Å². The Kier molecular flexibility index (Phi) is 4.36. The van der Waals surface area contributed by atoms with Crippen molar-refractivity contribution in [3.63, 3.8) is 0 Å². The van der Waals surface area contributed by atoms with Crippen LogP contribution in [0.2, 0.25) is 0 Å². The summed E-state index contributed by atoms with van der Waals surface area (Å²) in [7, 11) is 0. The Morgan fingerprint density at radius 3 is 1.93 bits per heavy atom. The van der Waals surface area contributed by atoms with Gasteiger partial charge in [-0.25, -0.2) is 4.98 Å². The highest BCUT2D eigenvalue weighted by Crippen LogP contribution is 2.34. The van der Waals surface area contributed by atoms with Gasteiger partial charge in [-0.05, 0) is 31.9 Å². The van der Waals surface area contributed by atoms with Crippen molar-refractivity contribution >= 4 is 17.2 Å². The summed E-state index contributed by atoms with van der Waals surface area (Å²) in [5, 5.41) is 0. The lowest BCUT2D eigenvalue weighted by Gasteiger charge is -2.09. The molecule has 0 saturated carbocycles. The molecule has 1 aromatic heterocycles. The predicted molar refractivity (Wildman–Crippen MR) is 114 cm³/mol. The molecule has 0 saturated heterocycles. The van der Waals surface area contributed by atoms with Crippen LogP contribution in [0.15, 0.2) is 77.8 Å². The fourth-order valence-electron chi connectivity index (χ4n) is 3.14. The maximum atomic E-state index is 4.87. The van der Waals surface area contributed by atoms with Crippen LogP contribution in [0.4, 0.5) is 0 Å². The number of aliphatic imine (C=N–C) groups is 1. The van der Waals surface area contributed by atoms with E-state index in [1.807, 2.05) is 18.3 Å². The molecule has 3 nitrogen and oxygen atoms in total. The molecule has 0 spiro atoms. The molecule has 0 aliphatic heterocycles. The number of H-pyrrole nitrogens is 1. The molecule has 0 bridgehead atoms. The van der Waals surface area contributed by atoms with Crippen LogP contribution in [0.5, 0.6) is 0 Å². The summed E-state index contributed by atoms with van der Waals surface area (Å²) in [5.74, 6) is 0.778. The van der Waals surface area contributed by atoms with Gasteiger partial charge in [0.15, 0.2) is 0 Å². The van der Waals surface area contributed by atoms with Gasteiger partial charge in [-0.1, -0.05) is 72.8 Å². The van der Waals surface area contributed by atoms with Gasteiger partial charge in [0, 0.05) is 11.1 Å². The number of imidazole rings is 1. The zero-order chi connectivity index (χ0) is 18.9. The molecule has 0 atom stereocenters. The highest BCUT2D eigenvalue weighted by atomic mass is 14.9. The third-order valence-corrected chi connectivity index (χ3v) is 4.41. The van der Waals surface area contributed by atoms with Crippen LogP contribution in [0.25, 0.3) is 33.3 Å². The lowest BCUT2D eigenvalue weighted by molar-refractivity contribution is 0.586. The van der Waals surface area contributed by atoms with Gasteiger partial charge in [0.05, 0.1) is 22.8 Å². The first kappa shape index (κ1) is 17.2. The Hall–Kier alpha value is -3.20. The van der Waals surface area contributed by atoms with Crippen LogP contribution in [0.1, 0.15) is 26.6 Å². The number of aromatic amines is 1. The molecule has 0 fully saturated rings. The summed E-state index contributed by atoms with van der Waals surface area (Å²) in [4.78, 5) is 13.0. The summed E-state index contributed by atoms with van der Waals surface area (Å²) in [5.41, 5.74) is 6.47. The predicted octanol–water partition coefficient (Wildman–Crippen LogP) is 6.11. The van der Waals surface area contributed by atoms with E-state index in [4.69, 9.17) is 4.98 Å². The lowest BCUT2D eigenvalue weighted by Crippen LogP contribution is -2.09. The van der Waals surface area contributed by atoms with Gasteiger partial charge in [0.1, 0.15) is 5.82 Å². The van der Waals surface area contributed by atoms with Crippen molar-refractivity contribution in [3.8, 4) is 22.3 Å². The van der Waals surface area contributed by atoms with Crippen LogP contribution < -0.4 is 0 Å². The van der Waals surface area contributed by atoms with Gasteiger partial charge in [-0.15, -0.1) is 0 Å². The zero-order valence-electron chi connectivity index (χ0n) is 15.9. The first-order chi connectivity index (χ1) is 13.0. The molecule has 0 aliphatic rings. The van der Waals surface area contributed by atoms with E-state index >= 15 is 0 Å². The SMILES string of the molecule is CC(C)(C)/N=C/c1nc2c(-c3ccccc3)ccc(-c3ccccc3)c2[nH]1. The Bertz CT molecular complexity index is 1010. The summed E-state index contributed by atoms with van der Waals surface area (Å²) in [6, 6.07) is 25.1. The highest BCUT2D eigenvalue weighted by molar-refractivity contribution is 6.02. The average molecular weight is 353 g/mol. The molecule has 3 heteroatoms. The number of aromatic nitrogens is 2. The molecular formula is C24H23N3. The second kappa shape index (κ2) is 6.84. The number of rotatable bonds is 3. The van der Waals surface area contributed by atoms with Gasteiger partial charge in [-0.2, -0.15) is 0 Å². The first-order valence-corrected chi connectivity index (χ1v) is 9.20. The fourth-order valence-corrected chi connectivity index (χ4v) is 3.14. The molecular weight excluding hydrogens is 330 g/mol. The average Bonchev–Trinajstić information content (AvgIpc) is 3.11. The van der Waals surface area contributed by atoms with Crippen LogP contribution in [-0.2, 0) is 0 Å². The van der Waals surface area contributed by atoms with Gasteiger partial charge in [0.2, 0.25) is 0 Å². The molecule has 0 radical (unpaired) electrons. The molecule has 4 aromatic rings. The Balaban J connectivity index is 1.94. The maximum Gasteiger partial charge on any atom is 0.149 e. The van der Waals surface area contributed by atoms with E-state index in [9.17, 15) is 0 Å². The van der Waals surface area contributed by atoms with Crippen molar-refractivity contribution in [1.82, 2.24) is 9.97 Å². The molecule has 0 amide bonds. The van der Waals surface area contributed by atoms with E-state index in [1.54, 1.807) is 0 Å². The Morgan fingerprint density at radius 1 is 0.778 bits per heavy atom. The number of nitrogens with zero attached hydrogens (tertiary/aromatic N) is 2. The summed E-state index contributed by atoms with van der Waals surface area (Å²) in [6.07, 6.45) is 1.84. The summed E-state index contributed by atoms with van der Waals surface area (Å²) in [6.45, 7) is 6.24. The van der Waals surface area contributed by atoms with Crippen molar-refractivity contribution < 1.29 is 0 Å². The van der Waals surface area contributed by atoms with Gasteiger partial charge >= 0.3 is 0 Å². The summed E-state index contributed by atoms with van der Waals surface area (Å²) < 4.78 is 0. The smallest absolute Gasteiger partial charge is 0.149 e. The largest absolute Gasteiger partial charge is 0.337 e. The van der Waals surface area contributed by atoms with Crippen LogP contribution in [-0.4, -0.2) is 21.7 Å². The fraction of sp³-hybridized carbons (Fsp3) is 0.167. The van der Waals surface area contributed by atoms with Gasteiger partial charge < -0.3 is 4.98 Å². The van der Waals surface area contributed by atoms with Crippen LogP contribution >= 0.6 is 0 Å². The lowest BCUT2D eigenvalue weighted by atomic mass is 9.98. The van der Waals surface area contributed by atoms with Crippen molar-refractivity contribution in [2.24, 2.45) is 4.99 Å². The number of benzene rings is 3. The maximum absolute atomic E-state index is 4.87. The van der Waals surface area contributed by atoms with Crippen molar-refractivity contribution in [2.45, 2.75) is 26.3 Å². The van der Waals surface area contributed by atoms with E-state index in [0.717, 1.165) is 33.5 Å². The van der Waals surface area contributed by atoms with Crippen molar-refractivity contribution in [3.05, 3.63) is 78.6 Å². The minimum atomic E-state index is -0.135. The normalized spacial score (nSPS) is 12.1. The summed E-state index contributed by atoms with van der Waals surface area (Å²) >= 11 is 0. The monoisotopic (exact) mass is 353 g/mol. The topological polar surface area (TPSA) is 41.0 Å². The van der Waals surface area contributed by atoms with Crippen LogP contribution in [0.3, 0.4) is 0 Å². The molecule has 0 aliphatic carbocycles. The molecule has 134 valence electrons. The Morgan fingerprint density at radius 2 is 1.33 bits per heavy atom. The van der Waals surface area contributed by atoms with Crippen molar-refractivity contribution in [1.29, 1.82) is 0 Å². The van der Waals surface area contributed by atoms with E-state index in [0.29, 0.717) is 0 Å². The number of nitrogens with one attached hydrogen (secondary N) is 1.